The van der Waals surface area contributed by atoms with Crippen LogP contribution in [-0.4, -0.2) is 30.9 Å². The minimum Gasteiger partial charge on any atom is -0.490 e. The zero-order chi connectivity index (χ0) is 19.0. The van der Waals surface area contributed by atoms with E-state index in [1.807, 2.05) is 0 Å². The zero-order valence-corrected chi connectivity index (χ0v) is 15.2. The Morgan fingerprint density at radius 3 is 2.12 bits per heavy atom. The number of anilines is 1. The van der Waals surface area contributed by atoms with Crippen molar-refractivity contribution in [2.45, 2.75) is 33.3 Å². The van der Waals surface area contributed by atoms with E-state index >= 15 is 0 Å². The molecule has 0 atom stereocenters. The van der Waals surface area contributed by atoms with Crippen LogP contribution < -0.4 is 5.32 Å². The Labute approximate surface area is 148 Å². The van der Waals surface area contributed by atoms with Crippen molar-refractivity contribution in [3.8, 4) is 0 Å². The smallest absolute Gasteiger partial charge is 0.412 e. The fraction of sp³-hybridized carbons (Fsp3) is 0.368. The van der Waals surface area contributed by atoms with Crippen molar-refractivity contribution >= 4 is 23.5 Å². The third-order valence-corrected chi connectivity index (χ3v) is 2.79. The van der Waals surface area contributed by atoms with E-state index < -0.39 is 17.7 Å². The van der Waals surface area contributed by atoms with Gasteiger partial charge in [0.15, 0.2) is 0 Å². The highest BCUT2D eigenvalue weighted by atomic mass is 16.6. The maximum absolute atomic E-state index is 11.7. The highest BCUT2D eigenvalue weighted by molar-refractivity contribution is 5.87. The van der Waals surface area contributed by atoms with E-state index in [1.165, 1.54) is 0 Å². The zero-order valence-electron chi connectivity index (χ0n) is 15.2. The quantitative estimate of drug-likeness (QED) is 0.347. The first-order chi connectivity index (χ1) is 11.6. The van der Waals surface area contributed by atoms with Gasteiger partial charge in [0.1, 0.15) is 24.6 Å². The first kappa shape index (κ1) is 20.3. The molecule has 0 bridgehead atoms. The van der Waals surface area contributed by atoms with Gasteiger partial charge in [0.25, 0.3) is 0 Å². The van der Waals surface area contributed by atoms with Gasteiger partial charge >= 0.3 is 12.1 Å². The van der Waals surface area contributed by atoms with E-state index in [9.17, 15) is 9.59 Å². The van der Waals surface area contributed by atoms with Gasteiger partial charge < -0.3 is 14.2 Å². The van der Waals surface area contributed by atoms with Crippen LogP contribution in [0.3, 0.4) is 0 Å². The van der Waals surface area contributed by atoms with E-state index in [-0.39, 0.29) is 13.2 Å². The lowest BCUT2D eigenvalue weighted by atomic mass is 10.2. The minimum atomic E-state index is -0.556. The predicted molar refractivity (Wildman–Crippen MR) is 97.1 cm³/mol. The van der Waals surface area contributed by atoms with Crippen LogP contribution in [0.25, 0.3) is 5.76 Å². The molecule has 0 unspecified atom stereocenters. The summed E-state index contributed by atoms with van der Waals surface area (Å²) in [5.41, 5.74) is 1.13. The number of nitrogens with one attached hydrogen (secondary N) is 1. The summed E-state index contributed by atoms with van der Waals surface area (Å²) >= 11 is 0. The van der Waals surface area contributed by atoms with Gasteiger partial charge in [0, 0.05) is 16.8 Å². The Morgan fingerprint density at radius 2 is 1.60 bits per heavy atom. The molecule has 1 N–H and O–H groups in total. The second-order valence-electron chi connectivity index (χ2n) is 6.39. The van der Waals surface area contributed by atoms with E-state index in [2.05, 4.69) is 18.5 Å². The van der Waals surface area contributed by atoms with Crippen LogP contribution in [0.15, 0.2) is 43.0 Å². The lowest BCUT2D eigenvalue weighted by Gasteiger charge is -2.19. The molecule has 0 aromatic heterocycles. The van der Waals surface area contributed by atoms with Gasteiger partial charge in [-0.3, -0.25) is 5.32 Å². The average molecular weight is 347 g/mol. The number of esters is 1. The molecule has 1 rings (SSSR count). The monoisotopic (exact) mass is 347 g/mol. The molecule has 0 saturated heterocycles. The molecule has 0 aliphatic carbocycles. The third kappa shape index (κ3) is 8.06. The number of carbonyl (C=O) groups excluding carboxylic acids is 2. The van der Waals surface area contributed by atoms with Crippen molar-refractivity contribution < 1.29 is 23.8 Å². The molecule has 25 heavy (non-hydrogen) atoms. The van der Waals surface area contributed by atoms with Gasteiger partial charge in [-0.15, -0.1) is 0 Å². The Hall–Kier alpha value is -2.76. The molecule has 0 heterocycles. The van der Waals surface area contributed by atoms with Gasteiger partial charge in [-0.1, -0.05) is 13.2 Å². The number of amides is 1. The van der Waals surface area contributed by atoms with Crippen molar-refractivity contribution in [2.75, 3.05) is 18.5 Å². The van der Waals surface area contributed by atoms with Crippen molar-refractivity contribution in [3.05, 3.63) is 48.6 Å². The van der Waals surface area contributed by atoms with Gasteiger partial charge in [0.2, 0.25) is 0 Å². The van der Waals surface area contributed by atoms with Gasteiger partial charge in [0.05, 0.1) is 0 Å². The number of ether oxygens (including phenoxy) is 3. The second-order valence-corrected chi connectivity index (χ2v) is 6.39. The predicted octanol–water partition coefficient (Wildman–Crippen LogP) is 4.14. The van der Waals surface area contributed by atoms with Crippen molar-refractivity contribution in [2.24, 2.45) is 0 Å². The molecule has 1 aromatic carbocycles. The molecule has 0 radical (unpaired) electrons. The number of carbonyl (C=O) groups is 2. The average Bonchev–Trinajstić information content (AvgIpc) is 2.49. The van der Waals surface area contributed by atoms with Crippen LogP contribution in [0.1, 0.15) is 33.3 Å². The fourth-order valence-electron chi connectivity index (χ4n) is 1.67. The topological polar surface area (TPSA) is 73.9 Å². The number of rotatable bonds is 7. The molecule has 1 aromatic rings. The van der Waals surface area contributed by atoms with E-state index in [0.717, 1.165) is 5.56 Å². The lowest BCUT2D eigenvalue weighted by molar-refractivity contribution is -0.139. The standard InChI is InChI=1S/C19H25NO5/c1-13(2)17(21)24-12-11-23-14(3)15-7-9-16(10-8-15)20-18(22)25-19(4,5)6/h7-10H,1,3,11-12H2,2,4-6H3,(H,20,22). The summed E-state index contributed by atoms with van der Waals surface area (Å²) in [4.78, 5) is 22.9. The van der Waals surface area contributed by atoms with Crippen LogP contribution in [0.5, 0.6) is 0 Å². The molecule has 0 saturated carbocycles. The summed E-state index contributed by atoms with van der Waals surface area (Å²) < 4.78 is 15.5. The van der Waals surface area contributed by atoms with Crippen molar-refractivity contribution in [1.82, 2.24) is 0 Å². The highest BCUT2D eigenvalue weighted by Gasteiger charge is 2.16. The summed E-state index contributed by atoms with van der Waals surface area (Å²) in [6.45, 7) is 14.6. The number of hydrogen-bond donors (Lipinski definition) is 1. The fourth-order valence-corrected chi connectivity index (χ4v) is 1.67. The molecule has 6 nitrogen and oxygen atoms in total. The Kier molecular flexibility index (Phi) is 7.23. The van der Waals surface area contributed by atoms with Crippen molar-refractivity contribution in [3.63, 3.8) is 0 Å². The van der Waals surface area contributed by atoms with Crippen LogP contribution in [0, 0.1) is 0 Å². The third-order valence-electron chi connectivity index (χ3n) is 2.79. The minimum absolute atomic E-state index is 0.114. The summed E-state index contributed by atoms with van der Waals surface area (Å²) in [7, 11) is 0. The summed E-state index contributed by atoms with van der Waals surface area (Å²) in [5.74, 6) is -0.0121. The van der Waals surface area contributed by atoms with Crippen LogP contribution >= 0.6 is 0 Å². The molecular weight excluding hydrogens is 322 g/mol. The molecule has 0 spiro atoms. The van der Waals surface area contributed by atoms with Gasteiger partial charge in [-0.25, -0.2) is 9.59 Å². The van der Waals surface area contributed by atoms with Crippen LogP contribution in [0.2, 0.25) is 0 Å². The summed E-state index contributed by atoms with van der Waals surface area (Å²) in [6.07, 6.45) is -0.519. The Morgan fingerprint density at radius 1 is 1.04 bits per heavy atom. The maximum Gasteiger partial charge on any atom is 0.412 e. The molecule has 0 fully saturated rings. The number of benzene rings is 1. The molecule has 0 aliphatic rings. The second kappa shape index (κ2) is 8.92. The summed E-state index contributed by atoms with van der Waals surface area (Å²) in [6, 6.07) is 6.95. The SMILES string of the molecule is C=C(C)C(=O)OCCOC(=C)c1ccc(NC(=O)OC(C)(C)C)cc1. The molecule has 0 aliphatic heterocycles. The summed E-state index contributed by atoms with van der Waals surface area (Å²) in [5, 5.41) is 2.64. The Bertz CT molecular complexity index is 641. The first-order valence-electron chi connectivity index (χ1n) is 7.83. The number of hydrogen-bond acceptors (Lipinski definition) is 5. The van der Waals surface area contributed by atoms with Gasteiger partial charge in [-0.05, 0) is 52.0 Å². The molecule has 6 heteroatoms. The Balaban J connectivity index is 2.45. The molecule has 1 amide bonds. The van der Waals surface area contributed by atoms with Crippen LogP contribution in [0.4, 0.5) is 10.5 Å². The van der Waals surface area contributed by atoms with E-state index in [4.69, 9.17) is 14.2 Å². The first-order valence-corrected chi connectivity index (χ1v) is 7.83. The van der Waals surface area contributed by atoms with Crippen molar-refractivity contribution in [1.29, 1.82) is 0 Å². The van der Waals surface area contributed by atoms with E-state index in [1.54, 1.807) is 52.0 Å². The van der Waals surface area contributed by atoms with Gasteiger partial charge in [-0.2, -0.15) is 0 Å². The lowest BCUT2D eigenvalue weighted by Crippen LogP contribution is -2.27. The molecule has 136 valence electrons. The molecular formula is C19H25NO5. The highest BCUT2D eigenvalue weighted by Crippen LogP contribution is 2.18. The van der Waals surface area contributed by atoms with Crippen LogP contribution in [-0.2, 0) is 19.0 Å². The van der Waals surface area contributed by atoms with E-state index in [0.29, 0.717) is 17.0 Å². The normalized spacial score (nSPS) is 10.6. The maximum atomic E-state index is 11.7. The largest absolute Gasteiger partial charge is 0.490 e.